The Morgan fingerprint density at radius 2 is 2.18 bits per heavy atom. The van der Waals surface area contributed by atoms with E-state index in [1.54, 1.807) is 0 Å². The molecular formula is C12H19N5. The predicted octanol–water partition coefficient (Wildman–Crippen LogP) is 1.28. The minimum atomic E-state index is 0.842. The molecule has 0 unspecified atom stereocenters. The van der Waals surface area contributed by atoms with E-state index in [1.165, 1.54) is 0 Å². The molecule has 1 N–H and O–H groups in total. The van der Waals surface area contributed by atoms with Crippen molar-refractivity contribution in [3.63, 3.8) is 0 Å². The van der Waals surface area contributed by atoms with Crippen LogP contribution in [-0.4, -0.2) is 25.6 Å². The number of aromatic nitrogens is 4. The summed E-state index contributed by atoms with van der Waals surface area (Å²) in [6.07, 6.45) is 10.7. The normalized spacial score (nSPS) is 10.9. The Balaban J connectivity index is 1.80. The van der Waals surface area contributed by atoms with Gasteiger partial charge in [-0.1, -0.05) is 6.92 Å². The zero-order valence-electron chi connectivity index (χ0n) is 10.2. The molecule has 0 amide bonds. The van der Waals surface area contributed by atoms with Crippen molar-refractivity contribution in [2.45, 2.75) is 33.0 Å². The van der Waals surface area contributed by atoms with Crippen LogP contribution in [0.15, 0.2) is 31.1 Å². The summed E-state index contributed by atoms with van der Waals surface area (Å²) in [7, 11) is 0. The third kappa shape index (κ3) is 3.42. The Bertz CT molecular complexity index is 418. The summed E-state index contributed by atoms with van der Waals surface area (Å²) >= 11 is 0. The Hall–Kier alpha value is -1.62. The summed E-state index contributed by atoms with van der Waals surface area (Å²) < 4.78 is 4.31. The van der Waals surface area contributed by atoms with Crippen LogP contribution in [0.3, 0.4) is 0 Å². The lowest BCUT2D eigenvalue weighted by Crippen LogP contribution is -2.16. The second-order valence-corrected chi connectivity index (χ2v) is 3.97. The number of nitrogens with one attached hydrogen (secondary N) is 1. The van der Waals surface area contributed by atoms with Gasteiger partial charge in [0.2, 0.25) is 0 Å². The molecular weight excluding hydrogens is 214 g/mol. The van der Waals surface area contributed by atoms with Crippen LogP contribution < -0.4 is 5.32 Å². The van der Waals surface area contributed by atoms with Crippen LogP contribution in [0.5, 0.6) is 0 Å². The third-order valence-electron chi connectivity index (χ3n) is 2.71. The summed E-state index contributed by atoms with van der Waals surface area (Å²) in [5.74, 6) is 1.11. The number of hydrogen-bond acceptors (Lipinski definition) is 3. The van der Waals surface area contributed by atoms with E-state index in [9.17, 15) is 0 Å². The lowest BCUT2D eigenvalue weighted by atomic mass is 10.4. The Morgan fingerprint density at radius 3 is 2.94 bits per heavy atom. The molecule has 0 aliphatic carbocycles. The molecule has 5 heteroatoms. The zero-order chi connectivity index (χ0) is 11.9. The Morgan fingerprint density at radius 1 is 1.24 bits per heavy atom. The quantitative estimate of drug-likeness (QED) is 0.783. The molecule has 0 radical (unpaired) electrons. The fourth-order valence-electron chi connectivity index (χ4n) is 1.79. The van der Waals surface area contributed by atoms with E-state index in [0.29, 0.717) is 0 Å². The first-order valence-electron chi connectivity index (χ1n) is 6.06. The molecule has 2 heterocycles. The minimum absolute atomic E-state index is 0.842. The maximum atomic E-state index is 4.35. The van der Waals surface area contributed by atoms with E-state index >= 15 is 0 Å². The van der Waals surface area contributed by atoms with Gasteiger partial charge in [0, 0.05) is 37.9 Å². The molecule has 0 aromatic carbocycles. The molecule has 0 saturated carbocycles. The zero-order valence-corrected chi connectivity index (χ0v) is 10.2. The molecule has 92 valence electrons. The van der Waals surface area contributed by atoms with Crippen LogP contribution >= 0.6 is 0 Å². The first kappa shape index (κ1) is 11.9. The van der Waals surface area contributed by atoms with Crippen LogP contribution in [0.4, 0.5) is 0 Å². The maximum Gasteiger partial charge on any atom is 0.122 e. The van der Waals surface area contributed by atoms with Gasteiger partial charge in [-0.05, 0) is 13.0 Å². The molecule has 0 bridgehead atoms. The summed E-state index contributed by atoms with van der Waals surface area (Å²) in [4.78, 5) is 8.38. The van der Waals surface area contributed by atoms with Crippen molar-refractivity contribution in [3.8, 4) is 0 Å². The molecule has 0 atom stereocenters. The van der Waals surface area contributed by atoms with E-state index < -0.39 is 0 Å². The number of aryl methyl sites for hydroxylation is 2. The van der Waals surface area contributed by atoms with Crippen molar-refractivity contribution in [1.29, 1.82) is 0 Å². The van der Waals surface area contributed by atoms with Crippen LogP contribution in [0, 0.1) is 0 Å². The molecule has 0 saturated heterocycles. The smallest absolute Gasteiger partial charge is 0.122 e. The number of hydrogen-bond donors (Lipinski definition) is 1. The van der Waals surface area contributed by atoms with Crippen molar-refractivity contribution in [2.75, 3.05) is 6.54 Å². The molecule has 0 spiro atoms. The molecule has 0 fully saturated rings. The summed E-state index contributed by atoms with van der Waals surface area (Å²) in [6.45, 7) is 5.92. The molecule has 0 aliphatic rings. The standard InChI is InChI=1S/C12H19N5/c1-2-13-10-12-15-5-9-17(12)7-3-6-16-8-4-14-11-16/h4-5,8-9,11,13H,2-3,6-7,10H2,1H3. The van der Waals surface area contributed by atoms with Crippen LogP contribution in [0.1, 0.15) is 19.2 Å². The van der Waals surface area contributed by atoms with Crippen LogP contribution in [-0.2, 0) is 19.6 Å². The van der Waals surface area contributed by atoms with Gasteiger partial charge in [0.15, 0.2) is 0 Å². The molecule has 0 aliphatic heterocycles. The molecule has 2 rings (SSSR count). The van der Waals surface area contributed by atoms with Gasteiger partial charge in [0.05, 0.1) is 12.9 Å². The second kappa shape index (κ2) is 6.20. The topological polar surface area (TPSA) is 47.7 Å². The van der Waals surface area contributed by atoms with Gasteiger partial charge in [-0.3, -0.25) is 0 Å². The summed E-state index contributed by atoms with van der Waals surface area (Å²) in [5, 5.41) is 3.30. The molecule has 5 nitrogen and oxygen atoms in total. The van der Waals surface area contributed by atoms with E-state index in [2.05, 4.69) is 31.3 Å². The molecule has 2 aromatic rings. The second-order valence-electron chi connectivity index (χ2n) is 3.97. The third-order valence-corrected chi connectivity index (χ3v) is 2.71. The fraction of sp³-hybridized carbons (Fsp3) is 0.500. The van der Waals surface area contributed by atoms with Crippen molar-refractivity contribution in [1.82, 2.24) is 24.4 Å². The van der Waals surface area contributed by atoms with Crippen LogP contribution in [0.2, 0.25) is 0 Å². The van der Waals surface area contributed by atoms with E-state index in [1.807, 2.05) is 31.1 Å². The summed E-state index contributed by atoms with van der Waals surface area (Å²) in [6, 6.07) is 0. The average molecular weight is 233 g/mol. The van der Waals surface area contributed by atoms with Gasteiger partial charge in [0.1, 0.15) is 5.82 Å². The Labute approximate surface area is 102 Å². The fourth-order valence-corrected chi connectivity index (χ4v) is 1.79. The predicted molar refractivity (Wildman–Crippen MR) is 66.5 cm³/mol. The van der Waals surface area contributed by atoms with Gasteiger partial charge in [-0.25, -0.2) is 9.97 Å². The van der Waals surface area contributed by atoms with Crippen molar-refractivity contribution < 1.29 is 0 Å². The van der Waals surface area contributed by atoms with Gasteiger partial charge >= 0.3 is 0 Å². The van der Waals surface area contributed by atoms with E-state index in [-0.39, 0.29) is 0 Å². The first-order valence-corrected chi connectivity index (χ1v) is 6.06. The molecule has 2 aromatic heterocycles. The lowest BCUT2D eigenvalue weighted by Gasteiger charge is -2.08. The van der Waals surface area contributed by atoms with Crippen LogP contribution in [0.25, 0.3) is 0 Å². The van der Waals surface area contributed by atoms with Crippen molar-refractivity contribution >= 4 is 0 Å². The number of nitrogens with zero attached hydrogens (tertiary/aromatic N) is 4. The number of imidazole rings is 2. The highest BCUT2D eigenvalue weighted by Crippen LogP contribution is 2.01. The largest absolute Gasteiger partial charge is 0.337 e. The monoisotopic (exact) mass is 233 g/mol. The van der Waals surface area contributed by atoms with Gasteiger partial charge in [-0.15, -0.1) is 0 Å². The lowest BCUT2D eigenvalue weighted by molar-refractivity contribution is 0.537. The minimum Gasteiger partial charge on any atom is -0.337 e. The van der Waals surface area contributed by atoms with Gasteiger partial charge < -0.3 is 14.5 Å². The summed E-state index contributed by atoms with van der Waals surface area (Å²) in [5.41, 5.74) is 0. The Kier molecular flexibility index (Phi) is 4.32. The van der Waals surface area contributed by atoms with E-state index in [4.69, 9.17) is 0 Å². The highest BCUT2D eigenvalue weighted by molar-refractivity contribution is 4.91. The average Bonchev–Trinajstić information content (AvgIpc) is 2.98. The molecule has 17 heavy (non-hydrogen) atoms. The highest BCUT2D eigenvalue weighted by atomic mass is 15.1. The van der Waals surface area contributed by atoms with Crippen molar-refractivity contribution in [3.05, 3.63) is 36.9 Å². The maximum absolute atomic E-state index is 4.35. The number of rotatable bonds is 7. The van der Waals surface area contributed by atoms with E-state index in [0.717, 1.165) is 38.4 Å². The first-order chi connectivity index (χ1) is 8.40. The SMILES string of the molecule is CCNCc1nccn1CCCn1ccnc1. The van der Waals surface area contributed by atoms with Gasteiger partial charge in [0.25, 0.3) is 0 Å². The van der Waals surface area contributed by atoms with Crippen molar-refractivity contribution in [2.24, 2.45) is 0 Å². The van der Waals surface area contributed by atoms with Gasteiger partial charge in [-0.2, -0.15) is 0 Å². The highest BCUT2D eigenvalue weighted by Gasteiger charge is 2.01.